The minimum absolute atomic E-state index is 0.625. The number of aliphatic imine (C=N–C) groups is 1. The number of hydrogen-bond acceptors (Lipinski definition) is 4. The highest BCUT2D eigenvalue weighted by molar-refractivity contribution is 5.79. The first-order valence-corrected chi connectivity index (χ1v) is 9.56. The van der Waals surface area contributed by atoms with Gasteiger partial charge in [-0.1, -0.05) is 6.07 Å². The smallest absolute Gasteiger partial charge is 0.191 e. The zero-order valence-electron chi connectivity index (χ0n) is 16.6. The van der Waals surface area contributed by atoms with Gasteiger partial charge in [0.25, 0.3) is 0 Å². The van der Waals surface area contributed by atoms with E-state index in [1.54, 1.807) is 13.3 Å². The molecular formula is C20H31N5O2. The van der Waals surface area contributed by atoms with Crippen LogP contribution in [0.25, 0.3) is 0 Å². The first-order chi connectivity index (χ1) is 13.3. The maximum Gasteiger partial charge on any atom is 0.191 e. The standard InChI is InChI=1S/C20H31N5O2/c1-4-21-20(23-13-15-25-14-7-12-24-25)22-11-6-8-17-9-10-18(26-3)19(16-17)27-5-2/h7,9-10,12,14,16H,4-6,8,11,13,15H2,1-3H3,(H2,21,22,23). The van der Waals surface area contributed by atoms with Gasteiger partial charge in [0.15, 0.2) is 17.5 Å². The molecule has 0 amide bonds. The first-order valence-electron chi connectivity index (χ1n) is 9.56. The fourth-order valence-electron chi connectivity index (χ4n) is 2.68. The van der Waals surface area contributed by atoms with Crippen LogP contribution in [0.15, 0.2) is 41.7 Å². The topological polar surface area (TPSA) is 72.7 Å². The minimum atomic E-state index is 0.625. The van der Waals surface area contributed by atoms with Crippen molar-refractivity contribution < 1.29 is 9.47 Å². The van der Waals surface area contributed by atoms with Crippen LogP contribution in [0, 0.1) is 0 Å². The molecule has 0 spiro atoms. The number of ether oxygens (including phenoxy) is 2. The number of rotatable bonds is 11. The lowest BCUT2D eigenvalue weighted by atomic mass is 10.1. The Morgan fingerprint density at radius 3 is 2.81 bits per heavy atom. The molecule has 27 heavy (non-hydrogen) atoms. The van der Waals surface area contributed by atoms with Crippen molar-refractivity contribution in [2.24, 2.45) is 4.99 Å². The van der Waals surface area contributed by atoms with Crippen molar-refractivity contribution in [2.75, 3.05) is 33.4 Å². The van der Waals surface area contributed by atoms with Crippen LogP contribution in [-0.4, -0.2) is 49.1 Å². The van der Waals surface area contributed by atoms with Crippen LogP contribution in [0.4, 0.5) is 0 Å². The van der Waals surface area contributed by atoms with Gasteiger partial charge in [-0.2, -0.15) is 5.10 Å². The van der Waals surface area contributed by atoms with E-state index in [-0.39, 0.29) is 0 Å². The molecule has 0 radical (unpaired) electrons. The van der Waals surface area contributed by atoms with E-state index < -0.39 is 0 Å². The zero-order valence-corrected chi connectivity index (χ0v) is 16.6. The van der Waals surface area contributed by atoms with Crippen LogP contribution in [-0.2, 0) is 13.0 Å². The minimum Gasteiger partial charge on any atom is -0.493 e. The number of guanidine groups is 1. The first kappa shape index (κ1) is 20.6. The van der Waals surface area contributed by atoms with Crippen molar-refractivity contribution in [3.63, 3.8) is 0 Å². The molecule has 2 rings (SSSR count). The van der Waals surface area contributed by atoms with E-state index in [0.29, 0.717) is 6.61 Å². The SMILES string of the molecule is CCNC(=NCCCc1ccc(OC)c(OCC)c1)NCCn1cccn1. The van der Waals surface area contributed by atoms with Crippen LogP contribution in [0.3, 0.4) is 0 Å². The number of methoxy groups -OCH3 is 1. The summed E-state index contributed by atoms with van der Waals surface area (Å²) in [7, 11) is 1.66. The lowest BCUT2D eigenvalue weighted by molar-refractivity contribution is 0.310. The molecule has 0 saturated heterocycles. The summed E-state index contributed by atoms with van der Waals surface area (Å²) in [6.07, 6.45) is 5.65. The van der Waals surface area contributed by atoms with Crippen LogP contribution in [0.1, 0.15) is 25.8 Å². The molecule has 1 heterocycles. The molecule has 7 heteroatoms. The molecule has 1 aromatic heterocycles. The molecule has 0 atom stereocenters. The molecule has 0 fully saturated rings. The molecule has 0 bridgehead atoms. The van der Waals surface area contributed by atoms with Gasteiger partial charge >= 0.3 is 0 Å². The number of aryl methyl sites for hydroxylation is 1. The highest BCUT2D eigenvalue weighted by atomic mass is 16.5. The summed E-state index contributed by atoms with van der Waals surface area (Å²) < 4.78 is 12.9. The second-order valence-corrected chi connectivity index (χ2v) is 5.98. The molecule has 0 aliphatic rings. The quantitative estimate of drug-likeness (QED) is 0.360. The lowest BCUT2D eigenvalue weighted by Gasteiger charge is -2.12. The van der Waals surface area contributed by atoms with Crippen molar-refractivity contribution in [3.8, 4) is 11.5 Å². The molecule has 148 valence electrons. The maximum absolute atomic E-state index is 5.64. The van der Waals surface area contributed by atoms with Gasteiger partial charge in [-0.05, 0) is 50.5 Å². The molecule has 2 N–H and O–H groups in total. The normalized spacial score (nSPS) is 11.3. The third-order valence-electron chi connectivity index (χ3n) is 3.96. The summed E-state index contributed by atoms with van der Waals surface area (Å²) in [6.45, 7) is 7.85. The largest absolute Gasteiger partial charge is 0.493 e. The Morgan fingerprint density at radius 2 is 2.11 bits per heavy atom. The van der Waals surface area contributed by atoms with E-state index >= 15 is 0 Å². The Balaban J connectivity index is 1.79. The van der Waals surface area contributed by atoms with Gasteiger partial charge in [0.1, 0.15) is 0 Å². The molecular weight excluding hydrogens is 342 g/mol. The fourth-order valence-corrected chi connectivity index (χ4v) is 2.68. The predicted octanol–water partition coefficient (Wildman–Crippen LogP) is 2.48. The second-order valence-electron chi connectivity index (χ2n) is 5.98. The Bertz CT molecular complexity index is 686. The van der Waals surface area contributed by atoms with Gasteiger partial charge in [0.2, 0.25) is 0 Å². The number of nitrogens with one attached hydrogen (secondary N) is 2. The summed E-state index contributed by atoms with van der Waals surface area (Å²) in [6, 6.07) is 8.03. The Hall–Kier alpha value is -2.70. The molecule has 0 saturated carbocycles. The molecule has 7 nitrogen and oxygen atoms in total. The summed E-state index contributed by atoms with van der Waals surface area (Å²) in [5.41, 5.74) is 1.23. The van der Waals surface area contributed by atoms with E-state index in [1.807, 2.05) is 29.9 Å². The van der Waals surface area contributed by atoms with Gasteiger partial charge < -0.3 is 20.1 Å². The monoisotopic (exact) mass is 373 g/mol. The van der Waals surface area contributed by atoms with E-state index in [4.69, 9.17) is 9.47 Å². The summed E-state index contributed by atoms with van der Waals surface area (Å²) in [5, 5.41) is 10.8. The van der Waals surface area contributed by atoms with Crippen LogP contribution >= 0.6 is 0 Å². The Labute approximate surface area is 161 Å². The fraction of sp³-hybridized carbons (Fsp3) is 0.500. The number of benzene rings is 1. The summed E-state index contributed by atoms with van der Waals surface area (Å²) >= 11 is 0. The Morgan fingerprint density at radius 1 is 1.22 bits per heavy atom. The van der Waals surface area contributed by atoms with Gasteiger partial charge in [-0.25, -0.2) is 0 Å². The van der Waals surface area contributed by atoms with Crippen LogP contribution < -0.4 is 20.1 Å². The zero-order chi connectivity index (χ0) is 19.3. The summed E-state index contributed by atoms with van der Waals surface area (Å²) in [5.74, 6) is 2.42. The van der Waals surface area contributed by atoms with Crippen LogP contribution in [0.2, 0.25) is 0 Å². The molecule has 2 aromatic rings. The third-order valence-corrected chi connectivity index (χ3v) is 3.96. The number of hydrogen-bond donors (Lipinski definition) is 2. The molecule has 0 aliphatic carbocycles. The van der Waals surface area contributed by atoms with Crippen molar-refractivity contribution >= 4 is 5.96 Å². The van der Waals surface area contributed by atoms with Gasteiger partial charge in [-0.3, -0.25) is 9.67 Å². The van der Waals surface area contributed by atoms with Crippen molar-refractivity contribution in [1.82, 2.24) is 20.4 Å². The number of aromatic nitrogens is 2. The van der Waals surface area contributed by atoms with E-state index in [2.05, 4.69) is 39.8 Å². The highest BCUT2D eigenvalue weighted by Gasteiger charge is 2.05. The van der Waals surface area contributed by atoms with Crippen molar-refractivity contribution in [2.45, 2.75) is 33.2 Å². The predicted molar refractivity (Wildman–Crippen MR) is 109 cm³/mol. The Kier molecular flexibility index (Phi) is 9.03. The third kappa shape index (κ3) is 7.21. The summed E-state index contributed by atoms with van der Waals surface area (Å²) in [4.78, 5) is 4.65. The van der Waals surface area contributed by atoms with E-state index in [0.717, 1.165) is 56.5 Å². The average molecular weight is 374 g/mol. The highest BCUT2D eigenvalue weighted by Crippen LogP contribution is 2.28. The number of nitrogens with zero attached hydrogens (tertiary/aromatic N) is 3. The van der Waals surface area contributed by atoms with Gasteiger partial charge in [-0.15, -0.1) is 0 Å². The lowest BCUT2D eigenvalue weighted by Crippen LogP contribution is -2.39. The molecule has 0 aliphatic heterocycles. The van der Waals surface area contributed by atoms with Crippen LogP contribution in [0.5, 0.6) is 11.5 Å². The van der Waals surface area contributed by atoms with Gasteiger partial charge in [0.05, 0.1) is 20.3 Å². The maximum atomic E-state index is 5.64. The van der Waals surface area contributed by atoms with Crippen molar-refractivity contribution in [1.29, 1.82) is 0 Å². The average Bonchev–Trinajstić information content (AvgIpc) is 3.19. The molecule has 0 unspecified atom stereocenters. The second kappa shape index (κ2) is 11.8. The van der Waals surface area contributed by atoms with Gasteiger partial charge in [0, 0.05) is 32.0 Å². The van der Waals surface area contributed by atoms with Crippen molar-refractivity contribution in [3.05, 3.63) is 42.2 Å². The van der Waals surface area contributed by atoms with E-state index in [9.17, 15) is 0 Å². The van der Waals surface area contributed by atoms with E-state index in [1.165, 1.54) is 5.56 Å². The molecule has 1 aromatic carbocycles.